The number of carbonyl (C=O) groups excluding carboxylic acids is 2. The maximum Gasteiger partial charge on any atom is 0.308 e. The largest absolute Gasteiger partial charge is 0.469 e. The zero-order chi connectivity index (χ0) is 13.8. The molecule has 2 rings (SSSR count). The topological polar surface area (TPSA) is 72.4 Å². The molecule has 7 heteroatoms. The first kappa shape index (κ1) is 13.9. The fraction of sp³-hybridized carbons (Fsp3) is 0.667. The summed E-state index contributed by atoms with van der Waals surface area (Å²) in [6.07, 6.45) is 2.02. The van der Waals surface area contributed by atoms with E-state index in [4.69, 9.17) is 4.74 Å². The quantitative estimate of drug-likeness (QED) is 0.777. The Hall–Kier alpha value is -1.50. The minimum Gasteiger partial charge on any atom is -0.469 e. The molecule has 1 aromatic rings. The van der Waals surface area contributed by atoms with Gasteiger partial charge in [0.2, 0.25) is 0 Å². The summed E-state index contributed by atoms with van der Waals surface area (Å²) in [6.45, 7) is 3.12. The molecule has 19 heavy (non-hydrogen) atoms. The minimum atomic E-state index is -0.180. The number of ether oxygens (including phenoxy) is 1. The molecule has 1 aliphatic rings. The molecule has 1 fully saturated rings. The first-order chi connectivity index (χ1) is 9.17. The van der Waals surface area contributed by atoms with Gasteiger partial charge in [0.05, 0.1) is 18.7 Å². The van der Waals surface area contributed by atoms with Crippen LogP contribution in [0.4, 0.5) is 0 Å². The van der Waals surface area contributed by atoms with Crippen LogP contribution < -0.4 is 0 Å². The molecule has 0 unspecified atom stereocenters. The summed E-state index contributed by atoms with van der Waals surface area (Å²) in [5.74, 6) is -0.282. The molecule has 1 aromatic heterocycles. The fourth-order valence-electron chi connectivity index (χ4n) is 2.23. The SMILES string of the molecule is CCc1nnsc1C(=O)N1CCC(C(=O)OC)CC1. The van der Waals surface area contributed by atoms with E-state index in [2.05, 4.69) is 9.59 Å². The molecule has 1 amide bonds. The van der Waals surface area contributed by atoms with Crippen LogP contribution in [0.3, 0.4) is 0 Å². The molecule has 0 saturated carbocycles. The molecule has 104 valence electrons. The minimum absolute atomic E-state index is 0.0184. The standard InChI is InChI=1S/C12H17N3O3S/c1-3-9-10(19-14-13-9)11(16)15-6-4-8(5-7-15)12(17)18-2/h8H,3-7H2,1-2H3. The van der Waals surface area contributed by atoms with E-state index >= 15 is 0 Å². The van der Waals surface area contributed by atoms with Crippen LogP contribution in [-0.4, -0.2) is 46.6 Å². The number of aromatic nitrogens is 2. The second-order valence-electron chi connectivity index (χ2n) is 4.49. The number of nitrogens with zero attached hydrogens (tertiary/aromatic N) is 3. The van der Waals surface area contributed by atoms with Gasteiger partial charge in [0.15, 0.2) is 0 Å². The van der Waals surface area contributed by atoms with Crippen molar-refractivity contribution in [3.05, 3.63) is 10.6 Å². The Morgan fingerprint density at radius 1 is 1.42 bits per heavy atom. The molecule has 1 saturated heterocycles. The molecule has 0 aromatic carbocycles. The third-order valence-corrected chi connectivity index (χ3v) is 4.16. The lowest BCUT2D eigenvalue weighted by Crippen LogP contribution is -2.40. The summed E-state index contributed by atoms with van der Waals surface area (Å²) < 4.78 is 8.57. The number of hydrogen-bond acceptors (Lipinski definition) is 6. The van der Waals surface area contributed by atoms with Crippen molar-refractivity contribution in [3.63, 3.8) is 0 Å². The number of rotatable bonds is 3. The van der Waals surface area contributed by atoms with Crippen LogP contribution in [0.15, 0.2) is 0 Å². The molecule has 0 bridgehead atoms. The predicted molar refractivity (Wildman–Crippen MR) is 69.9 cm³/mol. The summed E-state index contributed by atoms with van der Waals surface area (Å²) in [6, 6.07) is 0. The Labute approximate surface area is 115 Å². The zero-order valence-corrected chi connectivity index (χ0v) is 11.9. The van der Waals surface area contributed by atoms with Gasteiger partial charge >= 0.3 is 5.97 Å². The van der Waals surface area contributed by atoms with Gasteiger partial charge in [-0.2, -0.15) is 0 Å². The zero-order valence-electron chi connectivity index (χ0n) is 11.1. The van der Waals surface area contributed by atoms with Gasteiger partial charge in [-0.05, 0) is 30.8 Å². The number of aryl methyl sites for hydroxylation is 1. The lowest BCUT2D eigenvalue weighted by atomic mass is 9.97. The Balaban J connectivity index is 1.98. The Morgan fingerprint density at radius 2 is 2.11 bits per heavy atom. The number of likely N-dealkylation sites (tertiary alicyclic amines) is 1. The summed E-state index contributed by atoms with van der Waals surface area (Å²) >= 11 is 1.14. The Kier molecular flexibility index (Phi) is 4.47. The first-order valence-corrected chi connectivity index (χ1v) is 7.13. The Morgan fingerprint density at radius 3 is 2.68 bits per heavy atom. The highest BCUT2D eigenvalue weighted by atomic mass is 32.1. The van der Waals surface area contributed by atoms with Crippen molar-refractivity contribution in [2.24, 2.45) is 5.92 Å². The van der Waals surface area contributed by atoms with E-state index in [1.165, 1.54) is 7.11 Å². The number of carbonyl (C=O) groups is 2. The lowest BCUT2D eigenvalue weighted by Gasteiger charge is -2.30. The van der Waals surface area contributed by atoms with Crippen molar-refractivity contribution in [1.82, 2.24) is 14.5 Å². The van der Waals surface area contributed by atoms with Gasteiger partial charge in [0.1, 0.15) is 4.88 Å². The van der Waals surface area contributed by atoms with Gasteiger partial charge in [0, 0.05) is 13.1 Å². The van der Waals surface area contributed by atoms with Gasteiger partial charge in [-0.15, -0.1) is 5.10 Å². The van der Waals surface area contributed by atoms with E-state index in [0.29, 0.717) is 37.2 Å². The van der Waals surface area contributed by atoms with Crippen molar-refractivity contribution >= 4 is 23.4 Å². The fourth-order valence-corrected chi connectivity index (χ4v) is 2.95. The van der Waals surface area contributed by atoms with Crippen molar-refractivity contribution in [3.8, 4) is 0 Å². The van der Waals surface area contributed by atoms with E-state index in [-0.39, 0.29) is 17.8 Å². The molecule has 6 nitrogen and oxygen atoms in total. The van der Waals surface area contributed by atoms with Gasteiger partial charge < -0.3 is 9.64 Å². The lowest BCUT2D eigenvalue weighted by molar-refractivity contribution is -0.146. The average Bonchev–Trinajstić information content (AvgIpc) is 2.94. The number of methoxy groups -OCH3 is 1. The predicted octanol–water partition coefficient (Wildman–Crippen LogP) is 1.13. The van der Waals surface area contributed by atoms with Crippen LogP contribution in [0.5, 0.6) is 0 Å². The number of esters is 1. The highest BCUT2D eigenvalue weighted by Crippen LogP contribution is 2.22. The average molecular weight is 283 g/mol. The first-order valence-electron chi connectivity index (χ1n) is 6.35. The van der Waals surface area contributed by atoms with Crippen molar-refractivity contribution < 1.29 is 14.3 Å². The summed E-state index contributed by atoms with van der Waals surface area (Å²) in [5.41, 5.74) is 0.755. The van der Waals surface area contributed by atoms with E-state index in [1.807, 2.05) is 6.92 Å². The summed E-state index contributed by atoms with van der Waals surface area (Å²) in [7, 11) is 1.40. The third kappa shape index (κ3) is 2.91. The van der Waals surface area contributed by atoms with E-state index in [9.17, 15) is 9.59 Å². The molecule has 2 heterocycles. The van der Waals surface area contributed by atoms with Crippen LogP contribution in [0, 0.1) is 5.92 Å². The van der Waals surface area contributed by atoms with Crippen LogP contribution >= 0.6 is 11.5 Å². The van der Waals surface area contributed by atoms with Gasteiger partial charge in [-0.25, -0.2) is 0 Å². The maximum atomic E-state index is 12.3. The van der Waals surface area contributed by atoms with Crippen molar-refractivity contribution in [2.45, 2.75) is 26.2 Å². The second kappa shape index (κ2) is 6.10. The van der Waals surface area contributed by atoms with E-state index in [0.717, 1.165) is 17.2 Å². The summed E-state index contributed by atoms with van der Waals surface area (Å²) in [5, 5.41) is 3.95. The third-order valence-electron chi connectivity index (χ3n) is 3.40. The molecule has 0 radical (unpaired) electrons. The normalized spacial score (nSPS) is 16.4. The molecular weight excluding hydrogens is 266 g/mol. The molecular formula is C12H17N3O3S. The maximum absolute atomic E-state index is 12.3. The summed E-state index contributed by atoms with van der Waals surface area (Å²) in [4.78, 5) is 26.2. The van der Waals surface area contributed by atoms with Crippen molar-refractivity contribution in [1.29, 1.82) is 0 Å². The van der Waals surface area contributed by atoms with Gasteiger partial charge in [0.25, 0.3) is 5.91 Å². The molecule has 0 atom stereocenters. The second-order valence-corrected chi connectivity index (χ2v) is 5.25. The van der Waals surface area contributed by atoms with Gasteiger partial charge in [-0.3, -0.25) is 9.59 Å². The molecule has 0 N–H and O–H groups in total. The number of amides is 1. The van der Waals surface area contributed by atoms with E-state index < -0.39 is 0 Å². The number of hydrogen-bond donors (Lipinski definition) is 0. The molecule has 0 aliphatic carbocycles. The number of piperidine rings is 1. The molecule has 0 spiro atoms. The Bertz CT molecular complexity index is 467. The van der Waals surface area contributed by atoms with E-state index in [1.54, 1.807) is 4.90 Å². The van der Waals surface area contributed by atoms with Crippen LogP contribution in [0.25, 0.3) is 0 Å². The monoisotopic (exact) mass is 283 g/mol. The van der Waals surface area contributed by atoms with Crippen LogP contribution in [-0.2, 0) is 16.0 Å². The van der Waals surface area contributed by atoms with Crippen LogP contribution in [0.2, 0.25) is 0 Å². The van der Waals surface area contributed by atoms with Gasteiger partial charge in [-0.1, -0.05) is 11.4 Å². The highest BCUT2D eigenvalue weighted by molar-refractivity contribution is 7.08. The highest BCUT2D eigenvalue weighted by Gasteiger charge is 2.29. The van der Waals surface area contributed by atoms with Crippen molar-refractivity contribution in [2.75, 3.05) is 20.2 Å². The smallest absolute Gasteiger partial charge is 0.308 e. The van der Waals surface area contributed by atoms with Crippen LogP contribution in [0.1, 0.15) is 35.1 Å². The molecule has 1 aliphatic heterocycles.